The zero-order valence-corrected chi connectivity index (χ0v) is 16.6. The number of carbonyl (C=O) groups excluding carboxylic acids is 2. The first-order chi connectivity index (χ1) is 14.1. The van der Waals surface area contributed by atoms with Gasteiger partial charge in [-0.25, -0.2) is 4.98 Å². The molecular weight excluding hydrogens is 368 g/mol. The molecule has 4 rings (SSSR count). The van der Waals surface area contributed by atoms with E-state index >= 15 is 0 Å². The first-order valence-corrected chi connectivity index (χ1v) is 10.0. The fourth-order valence-electron chi connectivity index (χ4n) is 3.81. The van der Waals surface area contributed by atoms with Crippen LogP contribution in [-0.4, -0.2) is 49.6 Å². The van der Waals surface area contributed by atoms with Crippen LogP contribution in [0.2, 0.25) is 0 Å². The first-order valence-electron chi connectivity index (χ1n) is 10.0. The summed E-state index contributed by atoms with van der Waals surface area (Å²) in [5.74, 6) is 0.446. The van der Waals surface area contributed by atoms with Gasteiger partial charge in [-0.05, 0) is 25.1 Å². The lowest BCUT2D eigenvalue weighted by Crippen LogP contribution is -2.38. The summed E-state index contributed by atoms with van der Waals surface area (Å²) in [6.07, 6.45) is 2.01. The van der Waals surface area contributed by atoms with Crippen LogP contribution in [-0.2, 0) is 20.9 Å². The Morgan fingerprint density at radius 2 is 1.97 bits per heavy atom. The summed E-state index contributed by atoms with van der Waals surface area (Å²) in [4.78, 5) is 33.6. The number of nitrogens with one attached hydrogen (secondary N) is 1. The summed E-state index contributed by atoms with van der Waals surface area (Å²) in [6.45, 7) is 5.77. The summed E-state index contributed by atoms with van der Waals surface area (Å²) in [5, 5.41) is 3.01. The third-order valence-corrected chi connectivity index (χ3v) is 5.47. The number of hydrogen-bond donors (Lipinski definition) is 1. The average Bonchev–Trinajstić information content (AvgIpc) is 3.15. The van der Waals surface area contributed by atoms with Gasteiger partial charge in [0, 0.05) is 50.0 Å². The topological polar surface area (TPSA) is 74.8 Å². The van der Waals surface area contributed by atoms with Crippen molar-refractivity contribution >= 4 is 23.3 Å². The molecule has 7 nitrogen and oxygen atoms in total. The van der Waals surface area contributed by atoms with Crippen molar-refractivity contribution in [2.45, 2.75) is 19.9 Å². The van der Waals surface area contributed by atoms with Gasteiger partial charge in [-0.3, -0.25) is 9.59 Å². The quantitative estimate of drug-likeness (QED) is 0.838. The second-order valence-electron chi connectivity index (χ2n) is 7.54. The van der Waals surface area contributed by atoms with E-state index in [1.54, 1.807) is 11.1 Å². The number of carbonyl (C=O) groups is 2. The standard InChI is InChI=1S/C22H26N4O3/c1-16-4-6-19(7-5-16)26-15-18(13-20(26)27)22(28)24-14-17-3-2-8-23-21(17)25-9-11-29-12-10-25/h2-8,18H,9-15H2,1H3,(H,24,28). The van der Waals surface area contributed by atoms with Crippen LogP contribution >= 0.6 is 0 Å². The molecule has 3 heterocycles. The van der Waals surface area contributed by atoms with E-state index in [-0.39, 0.29) is 24.2 Å². The number of ether oxygens (including phenoxy) is 1. The molecule has 2 aliphatic heterocycles. The molecule has 2 fully saturated rings. The molecule has 0 bridgehead atoms. The van der Waals surface area contributed by atoms with Gasteiger partial charge < -0.3 is 19.9 Å². The fourth-order valence-corrected chi connectivity index (χ4v) is 3.81. The summed E-state index contributed by atoms with van der Waals surface area (Å²) in [7, 11) is 0. The van der Waals surface area contributed by atoms with Gasteiger partial charge in [-0.15, -0.1) is 0 Å². The van der Waals surface area contributed by atoms with Crippen LogP contribution in [0.3, 0.4) is 0 Å². The largest absolute Gasteiger partial charge is 0.378 e. The molecule has 0 spiro atoms. The highest BCUT2D eigenvalue weighted by molar-refractivity contribution is 6.00. The molecule has 0 saturated carbocycles. The van der Waals surface area contributed by atoms with E-state index in [0.29, 0.717) is 26.3 Å². The van der Waals surface area contributed by atoms with Gasteiger partial charge in [-0.1, -0.05) is 23.8 Å². The van der Waals surface area contributed by atoms with Gasteiger partial charge in [-0.2, -0.15) is 0 Å². The summed E-state index contributed by atoms with van der Waals surface area (Å²) < 4.78 is 5.41. The number of pyridine rings is 1. The molecule has 2 aliphatic rings. The Hall–Kier alpha value is -2.93. The lowest BCUT2D eigenvalue weighted by Gasteiger charge is -2.29. The van der Waals surface area contributed by atoms with Crippen molar-refractivity contribution in [2.24, 2.45) is 5.92 Å². The highest BCUT2D eigenvalue weighted by Gasteiger charge is 2.35. The van der Waals surface area contributed by atoms with Crippen LogP contribution in [0.1, 0.15) is 17.5 Å². The predicted molar refractivity (Wildman–Crippen MR) is 111 cm³/mol. The summed E-state index contributed by atoms with van der Waals surface area (Å²) in [6, 6.07) is 11.7. The van der Waals surface area contributed by atoms with Crippen molar-refractivity contribution in [1.29, 1.82) is 0 Å². The van der Waals surface area contributed by atoms with Crippen molar-refractivity contribution in [3.05, 3.63) is 53.7 Å². The number of nitrogens with zero attached hydrogens (tertiary/aromatic N) is 3. The molecule has 7 heteroatoms. The van der Waals surface area contributed by atoms with E-state index in [4.69, 9.17) is 4.74 Å². The number of aromatic nitrogens is 1. The van der Waals surface area contributed by atoms with Gasteiger partial charge >= 0.3 is 0 Å². The molecule has 1 aromatic heterocycles. The highest BCUT2D eigenvalue weighted by Crippen LogP contribution is 2.26. The number of amides is 2. The molecule has 2 saturated heterocycles. The lowest BCUT2D eigenvalue weighted by molar-refractivity contribution is -0.126. The van der Waals surface area contributed by atoms with Crippen LogP contribution in [0.5, 0.6) is 0 Å². The Balaban J connectivity index is 1.38. The maximum absolute atomic E-state index is 12.7. The SMILES string of the molecule is Cc1ccc(N2CC(C(=O)NCc3cccnc3N3CCOCC3)CC2=O)cc1. The molecule has 0 radical (unpaired) electrons. The van der Waals surface area contributed by atoms with E-state index in [1.165, 1.54) is 0 Å². The zero-order valence-electron chi connectivity index (χ0n) is 16.6. The Labute approximate surface area is 170 Å². The minimum atomic E-state index is -0.340. The third kappa shape index (κ3) is 4.40. The van der Waals surface area contributed by atoms with Crippen molar-refractivity contribution < 1.29 is 14.3 Å². The van der Waals surface area contributed by atoms with E-state index in [1.807, 2.05) is 43.3 Å². The van der Waals surface area contributed by atoms with Crippen LogP contribution < -0.4 is 15.1 Å². The lowest BCUT2D eigenvalue weighted by atomic mass is 10.1. The zero-order chi connectivity index (χ0) is 20.2. The van der Waals surface area contributed by atoms with E-state index < -0.39 is 0 Å². The van der Waals surface area contributed by atoms with Gasteiger partial charge in [0.1, 0.15) is 5.82 Å². The second-order valence-corrected chi connectivity index (χ2v) is 7.54. The van der Waals surface area contributed by atoms with Crippen LogP contribution in [0.4, 0.5) is 11.5 Å². The molecule has 29 heavy (non-hydrogen) atoms. The molecule has 2 aromatic rings. The maximum atomic E-state index is 12.7. The van der Waals surface area contributed by atoms with Crippen molar-refractivity contribution in [3.8, 4) is 0 Å². The third-order valence-electron chi connectivity index (χ3n) is 5.47. The van der Waals surface area contributed by atoms with Crippen LogP contribution in [0.15, 0.2) is 42.6 Å². The number of hydrogen-bond acceptors (Lipinski definition) is 5. The molecule has 152 valence electrons. The minimum absolute atomic E-state index is 0.00983. The Bertz CT molecular complexity index is 878. The number of anilines is 2. The molecule has 0 aliphatic carbocycles. The number of benzene rings is 1. The Morgan fingerprint density at radius 1 is 1.21 bits per heavy atom. The monoisotopic (exact) mass is 394 g/mol. The second kappa shape index (κ2) is 8.61. The van der Waals surface area contributed by atoms with Gasteiger partial charge in [0.2, 0.25) is 11.8 Å². The predicted octanol–water partition coefficient (Wildman–Crippen LogP) is 1.90. The van der Waals surface area contributed by atoms with Gasteiger partial charge in [0.15, 0.2) is 0 Å². The van der Waals surface area contributed by atoms with E-state index in [9.17, 15) is 9.59 Å². The van der Waals surface area contributed by atoms with Crippen molar-refractivity contribution in [1.82, 2.24) is 10.3 Å². The number of aryl methyl sites for hydroxylation is 1. The Morgan fingerprint density at radius 3 is 2.72 bits per heavy atom. The van der Waals surface area contributed by atoms with Crippen molar-refractivity contribution in [3.63, 3.8) is 0 Å². The molecule has 2 amide bonds. The maximum Gasteiger partial charge on any atom is 0.227 e. The molecular formula is C22H26N4O3. The highest BCUT2D eigenvalue weighted by atomic mass is 16.5. The molecule has 1 N–H and O–H groups in total. The minimum Gasteiger partial charge on any atom is -0.378 e. The van der Waals surface area contributed by atoms with Gasteiger partial charge in [0.25, 0.3) is 0 Å². The number of rotatable bonds is 5. The van der Waals surface area contributed by atoms with Crippen LogP contribution in [0.25, 0.3) is 0 Å². The molecule has 1 atom stereocenters. The fraction of sp³-hybridized carbons (Fsp3) is 0.409. The van der Waals surface area contributed by atoms with E-state index in [2.05, 4.69) is 15.2 Å². The first kappa shape index (κ1) is 19.4. The summed E-state index contributed by atoms with van der Waals surface area (Å²) >= 11 is 0. The van der Waals surface area contributed by atoms with E-state index in [0.717, 1.165) is 35.7 Å². The van der Waals surface area contributed by atoms with Crippen LogP contribution in [0, 0.1) is 12.8 Å². The molecule has 1 aromatic carbocycles. The van der Waals surface area contributed by atoms with Crippen molar-refractivity contribution in [2.75, 3.05) is 42.6 Å². The number of morpholine rings is 1. The average molecular weight is 394 g/mol. The van der Waals surface area contributed by atoms with Gasteiger partial charge in [0.05, 0.1) is 19.1 Å². The Kier molecular flexibility index (Phi) is 5.76. The summed E-state index contributed by atoms with van der Waals surface area (Å²) in [5.41, 5.74) is 2.96. The smallest absolute Gasteiger partial charge is 0.227 e. The normalized spacial score (nSPS) is 19.5. The molecule has 1 unspecified atom stereocenters.